The van der Waals surface area contributed by atoms with Gasteiger partial charge in [0.25, 0.3) is 12.0 Å². The summed E-state index contributed by atoms with van der Waals surface area (Å²) in [6.45, 7) is -0.775. The van der Waals surface area contributed by atoms with Gasteiger partial charge in [0.1, 0.15) is 24.9 Å². The van der Waals surface area contributed by atoms with E-state index < -0.39 is 42.4 Å². The number of nitrogens with zero attached hydrogens (tertiary/aromatic N) is 1. The molecule has 4 atom stereocenters. The van der Waals surface area contributed by atoms with Crippen molar-refractivity contribution in [2.45, 2.75) is 31.1 Å². The average Bonchev–Trinajstić information content (AvgIpc) is 2.74. The zero-order valence-corrected chi connectivity index (χ0v) is 10.7. The minimum Gasteiger partial charge on any atom is -0.463 e. The second-order valence-electron chi connectivity index (χ2n) is 4.46. The molecule has 0 aromatic carbocycles. The number of carbonyl (C=O) groups is 1. The summed E-state index contributed by atoms with van der Waals surface area (Å²) >= 11 is 0. The second kappa shape index (κ2) is 6.18. The highest BCUT2D eigenvalue weighted by atomic mass is 16.6. The first kappa shape index (κ1) is 15.4. The van der Waals surface area contributed by atoms with E-state index in [2.05, 4.69) is 4.74 Å². The van der Waals surface area contributed by atoms with Gasteiger partial charge >= 0.3 is 5.69 Å². The number of hydrogen-bond donors (Lipinski definition) is 4. The third-order valence-electron chi connectivity index (χ3n) is 3.14. The summed E-state index contributed by atoms with van der Waals surface area (Å²) in [5.74, 6) is 0. The Hall–Kier alpha value is -2.01. The molecule has 0 radical (unpaired) electrons. The Balaban J connectivity index is 2.37. The minimum absolute atomic E-state index is 0.0422. The topological polar surface area (TPSA) is 151 Å². The van der Waals surface area contributed by atoms with Crippen LogP contribution < -0.4 is 11.2 Å². The number of nitrogens with one attached hydrogen (secondary N) is 1. The SMILES string of the molecule is O=COCc1cn([C@@H]2O[C@H](CO)[C@@H](O)[C@H]2O)c(=O)[nH]c1=O. The van der Waals surface area contributed by atoms with Crippen molar-refractivity contribution in [3.05, 3.63) is 32.6 Å². The minimum atomic E-state index is -1.47. The Morgan fingerprint density at radius 1 is 1.38 bits per heavy atom. The summed E-state index contributed by atoms with van der Waals surface area (Å²) in [5, 5.41) is 28.5. The molecule has 0 bridgehead atoms. The Labute approximate surface area is 117 Å². The standard InChI is InChI=1S/C11H14N2O8/c14-2-6-7(16)8(17)10(21-6)13-1-5(3-20-4-15)9(18)12-11(13)19/h1,4,6-8,10,14,16-17H,2-3H2,(H,12,18,19)/t6-,7-,8-,10-/m1/s1. The normalized spacial score (nSPS) is 28.5. The summed E-state index contributed by atoms with van der Waals surface area (Å²) in [5.41, 5.74) is -1.66. The Kier molecular flexibility index (Phi) is 4.53. The zero-order valence-electron chi connectivity index (χ0n) is 10.7. The van der Waals surface area contributed by atoms with Gasteiger partial charge in [-0.05, 0) is 0 Å². The molecule has 1 aromatic rings. The van der Waals surface area contributed by atoms with Gasteiger partial charge in [-0.15, -0.1) is 0 Å². The monoisotopic (exact) mass is 302 g/mol. The van der Waals surface area contributed by atoms with Crippen LogP contribution in [0.4, 0.5) is 0 Å². The van der Waals surface area contributed by atoms with Gasteiger partial charge in [0.05, 0.1) is 12.2 Å². The maximum absolute atomic E-state index is 11.8. The molecule has 1 aromatic heterocycles. The maximum Gasteiger partial charge on any atom is 0.330 e. The van der Waals surface area contributed by atoms with Crippen LogP contribution in [-0.2, 0) is 20.9 Å². The van der Waals surface area contributed by atoms with Crippen molar-refractivity contribution in [2.75, 3.05) is 6.61 Å². The lowest BCUT2D eigenvalue weighted by Crippen LogP contribution is -2.39. The Morgan fingerprint density at radius 2 is 2.10 bits per heavy atom. The lowest BCUT2D eigenvalue weighted by molar-refractivity contribution is -0.129. The number of aromatic nitrogens is 2. The predicted octanol–water partition coefficient (Wildman–Crippen LogP) is -3.18. The summed E-state index contributed by atoms with van der Waals surface area (Å²) < 4.78 is 10.5. The van der Waals surface area contributed by atoms with Crippen molar-refractivity contribution in [3.63, 3.8) is 0 Å². The van der Waals surface area contributed by atoms with E-state index in [-0.39, 0.29) is 18.6 Å². The molecule has 0 spiro atoms. The number of ether oxygens (including phenoxy) is 2. The van der Waals surface area contributed by atoms with Crippen LogP contribution in [0, 0.1) is 0 Å². The molecule has 0 aliphatic carbocycles. The lowest BCUT2D eigenvalue weighted by atomic mass is 10.1. The first-order valence-electron chi connectivity index (χ1n) is 6.01. The molecule has 0 amide bonds. The highest BCUT2D eigenvalue weighted by Gasteiger charge is 2.43. The second-order valence-corrected chi connectivity index (χ2v) is 4.46. The highest BCUT2D eigenvalue weighted by molar-refractivity contribution is 5.37. The number of rotatable bonds is 5. The van der Waals surface area contributed by atoms with Crippen molar-refractivity contribution >= 4 is 6.47 Å². The van der Waals surface area contributed by atoms with Crippen LogP contribution in [-0.4, -0.2) is 56.3 Å². The Bertz CT molecular complexity index is 623. The van der Waals surface area contributed by atoms with Gasteiger partial charge in [-0.1, -0.05) is 0 Å². The maximum atomic E-state index is 11.8. The van der Waals surface area contributed by atoms with E-state index in [4.69, 9.17) is 9.84 Å². The molecule has 1 aliphatic heterocycles. The van der Waals surface area contributed by atoms with E-state index in [0.29, 0.717) is 0 Å². The molecule has 10 heteroatoms. The van der Waals surface area contributed by atoms with E-state index in [1.807, 2.05) is 4.98 Å². The van der Waals surface area contributed by atoms with Crippen LogP contribution in [0.1, 0.15) is 11.8 Å². The van der Waals surface area contributed by atoms with Crippen molar-refractivity contribution in [1.29, 1.82) is 0 Å². The van der Waals surface area contributed by atoms with E-state index in [0.717, 1.165) is 10.8 Å². The summed E-state index contributed by atoms with van der Waals surface area (Å²) in [6.07, 6.45) is -4.13. The number of carbonyl (C=O) groups excluding carboxylic acids is 1. The molecule has 1 fully saturated rings. The van der Waals surface area contributed by atoms with Crippen molar-refractivity contribution in [3.8, 4) is 0 Å². The van der Waals surface area contributed by atoms with Crippen LogP contribution in [0.2, 0.25) is 0 Å². The van der Waals surface area contributed by atoms with Crippen molar-refractivity contribution in [1.82, 2.24) is 9.55 Å². The van der Waals surface area contributed by atoms with E-state index >= 15 is 0 Å². The first-order chi connectivity index (χ1) is 9.99. The predicted molar refractivity (Wildman–Crippen MR) is 65.2 cm³/mol. The van der Waals surface area contributed by atoms with E-state index in [1.54, 1.807) is 0 Å². The van der Waals surface area contributed by atoms with Crippen LogP contribution in [0.3, 0.4) is 0 Å². The van der Waals surface area contributed by atoms with Gasteiger partial charge < -0.3 is 24.8 Å². The van der Waals surface area contributed by atoms with Gasteiger partial charge in [0.2, 0.25) is 0 Å². The van der Waals surface area contributed by atoms with Gasteiger partial charge in [-0.3, -0.25) is 19.1 Å². The third-order valence-corrected chi connectivity index (χ3v) is 3.14. The summed E-state index contributed by atoms with van der Waals surface area (Å²) in [6, 6.07) is 0. The summed E-state index contributed by atoms with van der Waals surface area (Å²) in [7, 11) is 0. The van der Waals surface area contributed by atoms with Gasteiger partial charge in [0, 0.05) is 6.20 Å². The third kappa shape index (κ3) is 2.88. The molecule has 4 N–H and O–H groups in total. The van der Waals surface area contributed by atoms with E-state index in [9.17, 15) is 24.6 Å². The summed E-state index contributed by atoms with van der Waals surface area (Å²) in [4.78, 5) is 35.4. The quantitative estimate of drug-likeness (QED) is 0.416. The molecule has 1 saturated heterocycles. The number of H-pyrrole nitrogens is 1. The fourth-order valence-corrected chi connectivity index (χ4v) is 2.05. The largest absolute Gasteiger partial charge is 0.463 e. The molecule has 0 unspecified atom stereocenters. The van der Waals surface area contributed by atoms with Crippen LogP contribution >= 0.6 is 0 Å². The van der Waals surface area contributed by atoms with Crippen LogP contribution in [0.15, 0.2) is 15.8 Å². The smallest absolute Gasteiger partial charge is 0.330 e. The fourth-order valence-electron chi connectivity index (χ4n) is 2.05. The molecule has 2 rings (SSSR count). The van der Waals surface area contributed by atoms with Crippen LogP contribution in [0.25, 0.3) is 0 Å². The number of aliphatic hydroxyl groups is 3. The zero-order chi connectivity index (χ0) is 15.6. The molecule has 0 saturated carbocycles. The highest BCUT2D eigenvalue weighted by Crippen LogP contribution is 2.27. The van der Waals surface area contributed by atoms with Gasteiger partial charge in [0.15, 0.2) is 6.23 Å². The first-order valence-corrected chi connectivity index (χ1v) is 6.01. The number of hydrogen-bond acceptors (Lipinski definition) is 8. The molecular formula is C11H14N2O8. The lowest BCUT2D eigenvalue weighted by Gasteiger charge is -2.17. The van der Waals surface area contributed by atoms with Crippen LogP contribution in [0.5, 0.6) is 0 Å². The molecule has 116 valence electrons. The molecule has 2 heterocycles. The molecular weight excluding hydrogens is 288 g/mol. The average molecular weight is 302 g/mol. The molecule has 1 aliphatic rings. The molecule has 10 nitrogen and oxygen atoms in total. The van der Waals surface area contributed by atoms with Gasteiger partial charge in [-0.25, -0.2) is 4.79 Å². The van der Waals surface area contributed by atoms with Crippen molar-refractivity contribution < 1.29 is 29.6 Å². The van der Waals surface area contributed by atoms with E-state index in [1.165, 1.54) is 0 Å². The van der Waals surface area contributed by atoms with Gasteiger partial charge in [-0.2, -0.15) is 0 Å². The van der Waals surface area contributed by atoms with Crippen molar-refractivity contribution in [2.24, 2.45) is 0 Å². The fraction of sp³-hybridized carbons (Fsp3) is 0.545. The Morgan fingerprint density at radius 3 is 2.67 bits per heavy atom. The number of aromatic amines is 1. The number of aliphatic hydroxyl groups excluding tert-OH is 3. The molecule has 21 heavy (non-hydrogen) atoms.